The van der Waals surface area contributed by atoms with E-state index in [1.165, 1.54) is 11.7 Å². The number of carbonyl (C=O) groups excluding carboxylic acids is 2. The largest absolute Gasteiger partial charge is 0.497 e. The molecule has 9 nitrogen and oxygen atoms in total. The molecule has 9 heteroatoms. The maximum Gasteiger partial charge on any atom is 0.418 e. The molecule has 0 spiro atoms. The van der Waals surface area contributed by atoms with E-state index in [0.717, 1.165) is 22.6 Å². The summed E-state index contributed by atoms with van der Waals surface area (Å²) in [6, 6.07) is 18.2. The predicted octanol–water partition coefficient (Wildman–Crippen LogP) is 5.89. The average molecular weight is 580 g/mol. The van der Waals surface area contributed by atoms with Gasteiger partial charge >= 0.3 is 12.1 Å². The number of hydrogen-bond donors (Lipinski definition) is 2. The van der Waals surface area contributed by atoms with E-state index in [2.05, 4.69) is 24.5 Å². The molecule has 0 saturated carbocycles. The second-order valence-corrected chi connectivity index (χ2v) is 11.6. The minimum absolute atomic E-state index is 0.269. The van der Waals surface area contributed by atoms with Gasteiger partial charge < -0.3 is 24.3 Å². The van der Waals surface area contributed by atoms with Crippen molar-refractivity contribution in [1.82, 2.24) is 15.2 Å². The average Bonchev–Trinajstić information content (AvgIpc) is 3.45. The molecule has 0 amide bonds. The van der Waals surface area contributed by atoms with Crippen molar-refractivity contribution in [2.75, 3.05) is 27.9 Å². The number of methoxy groups -OCH3 is 3. The second-order valence-electron chi connectivity index (χ2n) is 11.6. The minimum atomic E-state index is -0.665. The number of carbonyl (C=O) groups is 2. The van der Waals surface area contributed by atoms with Crippen molar-refractivity contribution >= 4 is 12.1 Å². The molecular formula is C33H45N3O6. The summed E-state index contributed by atoms with van der Waals surface area (Å²) in [7, 11) is 4.66. The van der Waals surface area contributed by atoms with Crippen LogP contribution in [0.3, 0.4) is 0 Å². The number of ether oxygens (including phenoxy) is 4. The third-order valence-electron chi connectivity index (χ3n) is 6.75. The van der Waals surface area contributed by atoms with E-state index in [0.29, 0.717) is 18.7 Å². The van der Waals surface area contributed by atoms with Gasteiger partial charge in [0.2, 0.25) is 0 Å². The SMILES string of the molecule is COC(=O)[C@H](CC(C)C)NCC(NC(c1ccc(OC)cc1)c1ccc(OC)cc1)c1cccn1C(=O)OC(C)(C)C. The third-order valence-corrected chi connectivity index (χ3v) is 6.75. The molecule has 3 aromatic rings. The maximum atomic E-state index is 13.2. The van der Waals surface area contributed by atoms with Crippen molar-refractivity contribution < 1.29 is 28.5 Å². The zero-order chi connectivity index (χ0) is 30.9. The first kappa shape index (κ1) is 32.7. The molecule has 2 N–H and O–H groups in total. The summed E-state index contributed by atoms with van der Waals surface area (Å²) in [6.45, 7) is 9.96. The number of nitrogens with zero attached hydrogens (tertiary/aromatic N) is 1. The summed E-state index contributed by atoms with van der Waals surface area (Å²) in [5.74, 6) is 1.44. The Hall–Kier alpha value is -3.82. The summed E-state index contributed by atoms with van der Waals surface area (Å²) >= 11 is 0. The molecule has 42 heavy (non-hydrogen) atoms. The van der Waals surface area contributed by atoms with Crippen molar-refractivity contribution in [3.63, 3.8) is 0 Å². The molecule has 0 saturated heterocycles. The van der Waals surface area contributed by atoms with Crippen LogP contribution in [0.1, 0.15) is 69.9 Å². The third kappa shape index (κ3) is 9.09. The summed E-state index contributed by atoms with van der Waals surface area (Å²) in [5, 5.41) is 7.17. The molecule has 1 heterocycles. The highest BCUT2D eigenvalue weighted by Gasteiger charge is 2.28. The monoisotopic (exact) mass is 579 g/mol. The van der Waals surface area contributed by atoms with Crippen LogP contribution in [0.25, 0.3) is 0 Å². The first-order chi connectivity index (χ1) is 19.9. The zero-order valence-corrected chi connectivity index (χ0v) is 26.0. The molecule has 0 fully saturated rings. The standard InChI is InChI=1S/C33H45N3O6/c1-22(2)20-27(31(37)41-8)34-21-28(29-10-9-19-36(29)32(38)42-33(3,4)5)35-30(23-11-15-25(39-6)16-12-23)24-13-17-26(40-7)18-14-24/h9-19,22,27-28,30,34-35H,20-21H2,1-8H3/t27-,28?/m0/s1. The van der Waals surface area contributed by atoms with Gasteiger partial charge in [-0.2, -0.15) is 0 Å². The number of nitrogens with one attached hydrogen (secondary N) is 2. The van der Waals surface area contributed by atoms with Crippen LogP contribution < -0.4 is 20.1 Å². The molecule has 228 valence electrons. The molecular weight excluding hydrogens is 534 g/mol. The van der Waals surface area contributed by atoms with Crippen LogP contribution in [0, 0.1) is 5.92 Å². The van der Waals surface area contributed by atoms with Gasteiger partial charge in [0.15, 0.2) is 0 Å². The Morgan fingerprint density at radius 1 is 0.857 bits per heavy atom. The number of hydrogen-bond acceptors (Lipinski definition) is 8. The van der Waals surface area contributed by atoms with Gasteiger partial charge in [-0.25, -0.2) is 4.79 Å². The molecule has 0 aliphatic carbocycles. The van der Waals surface area contributed by atoms with E-state index in [9.17, 15) is 9.59 Å². The summed E-state index contributed by atoms with van der Waals surface area (Å²) in [4.78, 5) is 25.9. The van der Waals surface area contributed by atoms with Crippen molar-refractivity contribution in [3.05, 3.63) is 83.7 Å². The number of rotatable bonds is 13. The van der Waals surface area contributed by atoms with E-state index in [4.69, 9.17) is 18.9 Å². The fourth-order valence-electron chi connectivity index (χ4n) is 4.72. The van der Waals surface area contributed by atoms with E-state index in [1.807, 2.05) is 81.4 Å². The van der Waals surface area contributed by atoms with Crippen LogP contribution in [0.4, 0.5) is 4.79 Å². The summed E-state index contributed by atoms with van der Waals surface area (Å²) in [6.07, 6.45) is 1.82. The summed E-state index contributed by atoms with van der Waals surface area (Å²) in [5.41, 5.74) is 2.01. The van der Waals surface area contributed by atoms with Gasteiger partial charge in [-0.15, -0.1) is 0 Å². The van der Waals surface area contributed by atoms with Crippen molar-refractivity contribution in [1.29, 1.82) is 0 Å². The van der Waals surface area contributed by atoms with Crippen LogP contribution in [0.15, 0.2) is 66.9 Å². The van der Waals surface area contributed by atoms with Crippen LogP contribution >= 0.6 is 0 Å². The van der Waals surface area contributed by atoms with Crippen molar-refractivity contribution in [3.8, 4) is 11.5 Å². The van der Waals surface area contributed by atoms with Gasteiger partial charge in [0.05, 0.1) is 33.4 Å². The Kier molecular flexibility index (Phi) is 11.6. The lowest BCUT2D eigenvalue weighted by molar-refractivity contribution is -0.143. The van der Waals surface area contributed by atoms with Gasteiger partial charge in [0.1, 0.15) is 23.1 Å². The smallest absolute Gasteiger partial charge is 0.418 e. The fraction of sp³-hybridized carbons (Fsp3) is 0.455. The van der Waals surface area contributed by atoms with Crippen LogP contribution in [-0.2, 0) is 14.3 Å². The maximum absolute atomic E-state index is 13.2. The highest BCUT2D eigenvalue weighted by Crippen LogP contribution is 2.29. The van der Waals surface area contributed by atoms with Crippen LogP contribution in [0.2, 0.25) is 0 Å². The molecule has 0 bridgehead atoms. The molecule has 0 aliphatic heterocycles. The summed E-state index contributed by atoms with van der Waals surface area (Å²) < 4.78 is 23.1. The van der Waals surface area contributed by atoms with Gasteiger partial charge in [-0.3, -0.25) is 14.7 Å². The molecule has 2 aromatic carbocycles. The fourth-order valence-corrected chi connectivity index (χ4v) is 4.72. The predicted molar refractivity (Wildman–Crippen MR) is 163 cm³/mol. The van der Waals surface area contributed by atoms with Gasteiger partial charge in [-0.1, -0.05) is 38.1 Å². The molecule has 1 aromatic heterocycles. The topological polar surface area (TPSA) is 100 Å². The van der Waals surface area contributed by atoms with E-state index < -0.39 is 23.8 Å². The Balaban J connectivity index is 2.06. The van der Waals surface area contributed by atoms with Gasteiger partial charge in [0.25, 0.3) is 0 Å². The molecule has 3 rings (SSSR count). The van der Waals surface area contributed by atoms with Crippen molar-refractivity contribution in [2.24, 2.45) is 5.92 Å². The molecule has 1 unspecified atom stereocenters. The quantitative estimate of drug-likeness (QED) is 0.242. The lowest BCUT2D eigenvalue weighted by Gasteiger charge is -2.30. The Labute approximate surface area is 249 Å². The molecule has 2 atom stereocenters. The molecule has 0 radical (unpaired) electrons. The van der Waals surface area contributed by atoms with E-state index >= 15 is 0 Å². The number of aromatic nitrogens is 1. The minimum Gasteiger partial charge on any atom is -0.497 e. The number of benzene rings is 2. The number of esters is 1. The zero-order valence-electron chi connectivity index (χ0n) is 26.0. The van der Waals surface area contributed by atoms with E-state index in [1.54, 1.807) is 20.4 Å². The van der Waals surface area contributed by atoms with Crippen molar-refractivity contribution in [2.45, 2.75) is 64.8 Å². The Morgan fingerprint density at radius 3 is 1.86 bits per heavy atom. The van der Waals surface area contributed by atoms with Crippen LogP contribution in [0.5, 0.6) is 11.5 Å². The van der Waals surface area contributed by atoms with Gasteiger partial charge in [0, 0.05) is 18.4 Å². The lowest BCUT2D eigenvalue weighted by atomic mass is 9.96. The highest BCUT2D eigenvalue weighted by molar-refractivity contribution is 5.75. The molecule has 0 aliphatic rings. The van der Waals surface area contributed by atoms with E-state index in [-0.39, 0.29) is 17.9 Å². The van der Waals surface area contributed by atoms with Crippen LogP contribution in [-0.4, -0.2) is 56.1 Å². The Bertz CT molecular complexity index is 1230. The highest BCUT2D eigenvalue weighted by atomic mass is 16.6. The first-order valence-electron chi connectivity index (χ1n) is 14.2. The van der Waals surface area contributed by atoms with Gasteiger partial charge in [-0.05, 0) is 80.6 Å². The normalized spacial score (nSPS) is 13.1. The second kappa shape index (κ2) is 14.9. The first-order valence-corrected chi connectivity index (χ1v) is 14.2. The Morgan fingerprint density at radius 2 is 1.40 bits per heavy atom. The lowest BCUT2D eigenvalue weighted by Crippen LogP contribution is -2.44.